The standard InChI is InChI=1S/C14H14ClF3O2/c15-8-3-6-12-5-1-2-7-13(12)20-10-4-9-19-11-14(16,17)18/h1-2,5,7H,4,8-11H2. The fraction of sp³-hybridized carbons (Fsp3) is 0.429. The van der Waals surface area contributed by atoms with Crippen molar-refractivity contribution >= 4 is 11.6 Å². The predicted molar refractivity (Wildman–Crippen MR) is 71.0 cm³/mol. The maximum atomic E-state index is 11.8. The summed E-state index contributed by atoms with van der Waals surface area (Å²) in [6, 6.07) is 7.14. The highest BCUT2D eigenvalue weighted by Crippen LogP contribution is 2.17. The lowest BCUT2D eigenvalue weighted by molar-refractivity contribution is -0.174. The fourth-order valence-electron chi connectivity index (χ4n) is 1.36. The van der Waals surface area contributed by atoms with Crippen LogP contribution in [0.5, 0.6) is 5.75 Å². The molecule has 0 N–H and O–H groups in total. The molecule has 0 aliphatic heterocycles. The molecule has 0 bridgehead atoms. The SMILES string of the molecule is FC(F)(F)COCCCOc1ccccc1C#CCCl. The molecule has 0 amide bonds. The number of rotatable bonds is 6. The summed E-state index contributed by atoms with van der Waals surface area (Å²) >= 11 is 5.48. The second-order valence-corrected chi connectivity index (χ2v) is 4.07. The Labute approximate surface area is 120 Å². The molecule has 6 heteroatoms. The van der Waals surface area contributed by atoms with Crippen molar-refractivity contribution in [3.8, 4) is 17.6 Å². The third-order valence-corrected chi connectivity index (χ3v) is 2.27. The molecule has 0 fully saturated rings. The van der Waals surface area contributed by atoms with Gasteiger partial charge < -0.3 is 9.47 Å². The minimum Gasteiger partial charge on any atom is -0.492 e. The van der Waals surface area contributed by atoms with E-state index in [-0.39, 0.29) is 19.1 Å². The van der Waals surface area contributed by atoms with Crippen LogP contribution in [-0.2, 0) is 4.74 Å². The number of para-hydroxylation sites is 1. The van der Waals surface area contributed by atoms with Crippen LogP contribution in [0.1, 0.15) is 12.0 Å². The zero-order valence-corrected chi connectivity index (χ0v) is 11.4. The van der Waals surface area contributed by atoms with Crippen molar-refractivity contribution in [2.45, 2.75) is 12.6 Å². The minimum atomic E-state index is -4.29. The molecule has 110 valence electrons. The van der Waals surface area contributed by atoms with Gasteiger partial charge in [0.25, 0.3) is 0 Å². The lowest BCUT2D eigenvalue weighted by Gasteiger charge is -2.09. The highest BCUT2D eigenvalue weighted by molar-refractivity contribution is 6.19. The summed E-state index contributed by atoms with van der Waals surface area (Å²) in [7, 11) is 0. The van der Waals surface area contributed by atoms with E-state index in [1.165, 1.54) is 0 Å². The largest absolute Gasteiger partial charge is 0.492 e. The molecule has 0 atom stereocenters. The third-order valence-electron chi connectivity index (χ3n) is 2.13. The normalized spacial score (nSPS) is 10.8. The molecule has 1 rings (SSSR count). The van der Waals surface area contributed by atoms with E-state index in [0.717, 1.165) is 0 Å². The van der Waals surface area contributed by atoms with Gasteiger partial charge in [0.15, 0.2) is 0 Å². The van der Waals surface area contributed by atoms with Crippen LogP contribution >= 0.6 is 11.6 Å². The van der Waals surface area contributed by atoms with Gasteiger partial charge in [0.05, 0.1) is 24.7 Å². The van der Waals surface area contributed by atoms with Gasteiger partial charge in [-0.25, -0.2) is 0 Å². The molecule has 20 heavy (non-hydrogen) atoms. The number of halogens is 4. The van der Waals surface area contributed by atoms with E-state index in [9.17, 15) is 13.2 Å². The van der Waals surface area contributed by atoms with Crippen molar-refractivity contribution in [3.05, 3.63) is 29.8 Å². The maximum Gasteiger partial charge on any atom is 0.411 e. The van der Waals surface area contributed by atoms with Crippen LogP contribution in [0.25, 0.3) is 0 Å². The lowest BCUT2D eigenvalue weighted by atomic mass is 10.2. The molecule has 0 saturated carbocycles. The highest BCUT2D eigenvalue weighted by atomic mass is 35.5. The summed E-state index contributed by atoms with van der Waals surface area (Å²) in [6.45, 7) is -0.975. The van der Waals surface area contributed by atoms with E-state index in [1.54, 1.807) is 18.2 Å². The molecule has 0 unspecified atom stereocenters. The van der Waals surface area contributed by atoms with Crippen LogP contribution < -0.4 is 4.74 Å². The average molecular weight is 307 g/mol. The Morgan fingerprint density at radius 1 is 1.15 bits per heavy atom. The highest BCUT2D eigenvalue weighted by Gasteiger charge is 2.27. The number of benzene rings is 1. The Hall–Kier alpha value is -1.38. The number of ether oxygens (including phenoxy) is 2. The number of hydrogen-bond donors (Lipinski definition) is 0. The molecule has 0 aliphatic carbocycles. The van der Waals surface area contributed by atoms with Gasteiger partial charge in [0, 0.05) is 6.42 Å². The van der Waals surface area contributed by atoms with Crippen molar-refractivity contribution in [3.63, 3.8) is 0 Å². The Kier molecular flexibility index (Phi) is 7.27. The zero-order chi connectivity index (χ0) is 14.8. The molecule has 0 spiro atoms. The van der Waals surface area contributed by atoms with E-state index in [4.69, 9.17) is 16.3 Å². The zero-order valence-electron chi connectivity index (χ0n) is 10.7. The average Bonchev–Trinajstić information content (AvgIpc) is 2.40. The Bertz CT molecular complexity index is 463. The van der Waals surface area contributed by atoms with E-state index in [0.29, 0.717) is 17.7 Å². The van der Waals surface area contributed by atoms with Crippen LogP contribution in [0.2, 0.25) is 0 Å². The first-order valence-corrected chi connectivity index (χ1v) is 6.47. The molecular weight excluding hydrogens is 293 g/mol. The molecule has 1 aromatic carbocycles. The van der Waals surface area contributed by atoms with Crippen molar-refractivity contribution in [2.24, 2.45) is 0 Å². The molecule has 0 aliphatic rings. The second-order valence-electron chi connectivity index (χ2n) is 3.80. The number of hydrogen-bond acceptors (Lipinski definition) is 2. The van der Waals surface area contributed by atoms with Gasteiger partial charge >= 0.3 is 6.18 Å². The van der Waals surface area contributed by atoms with Gasteiger partial charge in [-0.15, -0.1) is 11.6 Å². The summed E-state index contributed by atoms with van der Waals surface area (Å²) < 4.78 is 45.4. The van der Waals surface area contributed by atoms with E-state index >= 15 is 0 Å². The molecular formula is C14H14ClF3O2. The van der Waals surface area contributed by atoms with Crippen LogP contribution in [-0.4, -0.2) is 31.9 Å². The number of alkyl halides is 4. The summed E-state index contributed by atoms with van der Waals surface area (Å²) in [5.41, 5.74) is 0.698. The lowest BCUT2D eigenvalue weighted by Crippen LogP contribution is -2.18. The van der Waals surface area contributed by atoms with Crippen molar-refractivity contribution < 1.29 is 22.6 Å². The molecule has 0 radical (unpaired) electrons. The van der Waals surface area contributed by atoms with E-state index < -0.39 is 12.8 Å². The van der Waals surface area contributed by atoms with Crippen molar-refractivity contribution in [2.75, 3.05) is 25.7 Å². The molecule has 0 aromatic heterocycles. The van der Waals surface area contributed by atoms with Crippen LogP contribution in [0.4, 0.5) is 13.2 Å². The second kappa shape index (κ2) is 8.72. The van der Waals surface area contributed by atoms with Gasteiger partial charge in [0.2, 0.25) is 0 Å². The Morgan fingerprint density at radius 3 is 2.60 bits per heavy atom. The van der Waals surface area contributed by atoms with Crippen molar-refractivity contribution in [1.82, 2.24) is 0 Å². The van der Waals surface area contributed by atoms with Crippen LogP contribution in [0.15, 0.2) is 24.3 Å². The van der Waals surface area contributed by atoms with Gasteiger partial charge in [-0.1, -0.05) is 24.0 Å². The molecule has 1 aromatic rings. The monoisotopic (exact) mass is 306 g/mol. The van der Waals surface area contributed by atoms with Gasteiger partial charge in [-0.3, -0.25) is 0 Å². The summed E-state index contributed by atoms with van der Waals surface area (Å²) in [4.78, 5) is 0. The topological polar surface area (TPSA) is 18.5 Å². The van der Waals surface area contributed by atoms with E-state index in [2.05, 4.69) is 16.6 Å². The first-order chi connectivity index (χ1) is 9.53. The van der Waals surface area contributed by atoms with E-state index in [1.807, 2.05) is 6.07 Å². The van der Waals surface area contributed by atoms with Gasteiger partial charge in [-0.2, -0.15) is 13.2 Å². The summed E-state index contributed by atoms with van der Waals surface area (Å²) in [5, 5.41) is 0. The fourth-order valence-corrected chi connectivity index (χ4v) is 1.42. The minimum absolute atomic E-state index is 0.00493. The van der Waals surface area contributed by atoms with Crippen molar-refractivity contribution in [1.29, 1.82) is 0 Å². The molecule has 0 saturated heterocycles. The Balaban J connectivity index is 2.32. The van der Waals surface area contributed by atoms with Crippen LogP contribution in [0, 0.1) is 11.8 Å². The first-order valence-electron chi connectivity index (χ1n) is 5.94. The smallest absolute Gasteiger partial charge is 0.411 e. The maximum absolute atomic E-state index is 11.8. The first kappa shape index (κ1) is 16.7. The summed E-state index contributed by atoms with van der Waals surface area (Å²) in [6.07, 6.45) is -3.92. The summed E-state index contributed by atoms with van der Waals surface area (Å²) in [5.74, 6) is 6.37. The van der Waals surface area contributed by atoms with Gasteiger partial charge in [0.1, 0.15) is 12.4 Å². The molecule has 0 heterocycles. The predicted octanol–water partition coefficient (Wildman–Crippen LogP) is 3.62. The quantitative estimate of drug-likeness (QED) is 0.454. The third kappa shape index (κ3) is 7.27. The molecule has 2 nitrogen and oxygen atoms in total. The van der Waals surface area contributed by atoms with Gasteiger partial charge in [-0.05, 0) is 12.1 Å². The van der Waals surface area contributed by atoms with Crippen LogP contribution in [0.3, 0.4) is 0 Å². The Morgan fingerprint density at radius 2 is 1.90 bits per heavy atom.